The maximum atomic E-state index is 11.1. The molecule has 14 heavy (non-hydrogen) atoms. The van der Waals surface area contributed by atoms with E-state index in [4.69, 9.17) is 4.55 Å². The van der Waals surface area contributed by atoms with Crippen molar-refractivity contribution < 1.29 is 17.2 Å². The van der Waals surface area contributed by atoms with Crippen molar-refractivity contribution >= 4 is 21.1 Å². The highest BCUT2D eigenvalue weighted by molar-refractivity contribution is 7.88. The molecule has 7 heteroatoms. The Labute approximate surface area is 86.8 Å². The molecule has 5 nitrogen and oxygen atoms in total. The van der Waals surface area contributed by atoms with E-state index < -0.39 is 21.1 Å². The van der Waals surface area contributed by atoms with Gasteiger partial charge in [-0.3, -0.25) is 0 Å². The molecule has 84 valence electrons. The van der Waals surface area contributed by atoms with Gasteiger partial charge in [-0.25, -0.2) is 16.9 Å². The smallest absolute Gasteiger partial charge is 0.211 e. The van der Waals surface area contributed by atoms with Crippen LogP contribution in [0.1, 0.15) is 12.8 Å². The van der Waals surface area contributed by atoms with Gasteiger partial charge < -0.3 is 4.55 Å². The van der Waals surface area contributed by atoms with Gasteiger partial charge in [0, 0.05) is 13.1 Å². The third-order valence-electron chi connectivity index (χ3n) is 2.42. The minimum absolute atomic E-state index is 0.179. The van der Waals surface area contributed by atoms with Crippen LogP contribution in [0.2, 0.25) is 0 Å². The van der Waals surface area contributed by atoms with E-state index in [0.29, 0.717) is 25.9 Å². The quantitative estimate of drug-likeness (QED) is 0.699. The molecule has 0 amide bonds. The number of hydrogen-bond acceptors (Lipinski definition) is 3. The van der Waals surface area contributed by atoms with Crippen molar-refractivity contribution in [2.75, 3.05) is 25.1 Å². The lowest BCUT2D eigenvalue weighted by molar-refractivity contribution is 0.290. The molecule has 0 aromatic heterocycles. The molecular formula is C7H15NO4S2. The molecule has 1 saturated heterocycles. The van der Waals surface area contributed by atoms with Gasteiger partial charge >= 0.3 is 0 Å². The van der Waals surface area contributed by atoms with Crippen molar-refractivity contribution in [3.63, 3.8) is 0 Å². The van der Waals surface area contributed by atoms with Crippen LogP contribution in [0.5, 0.6) is 0 Å². The molecule has 0 bridgehead atoms. The first-order valence-corrected chi connectivity index (χ1v) is 7.54. The Morgan fingerprint density at radius 2 is 1.93 bits per heavy atom. The van der Waals surface area contributed by atoms with Crippen LogP contribution >= 0.6 is 0 Å². The molecule has 1 fully saturated rings. The van der Waals surface area contributed by atoms with Gasteiger partial charge in [-0.05, 0) is 18.8 Å². The van der Waals surface area contributed by atoms with Gasteiger partial charge in [-0.15, -0.1) is 0 Å². The third kappa shape index (κ3) is 3.64. The Morgan fingerprint density at radius 3 is 2.29 bits per heavy atom. The van der Waals surface area contributed by atoms with Gasteiger partial charge in [0.2, 0.25) is 10.0 Å². The van der Waals surface area contributed by atoms with E-state index in [2.05, 4.69) is 0 Å². The summed E-state index contributed by atoms with van der Waals surface area (Å²) < 4.78 is 42.9. The predicted octanol–water partition coefficient (Wildman–Crippen LogP) is -0.120. The molecular weight excluding hydrogens is 226 g/mol. The molecule has 0 aromatic rings. The highest BCUT2D eigenvalue weighted by atomic mass is 32.2. The van der Waals surface area contributed by atoms with Crippen molar-refractivity contribution in [2.24, 2.45) is 5.92 Å². The zero-order chi connectivity index (χ0) is 10.8. The lowest BCUT2D eigenvalue weighted by Gasteiger charge is -2.29. The molecule has 0 aromatic carbocycles. The molecule has 1 atom stereocenters. The van der Waals surface area contributed by atoms with E-state index in [9.17, 15) is 12.6 Å². The molecule has 1 unspecified atom stereocenters. The molecule has 1 aliphatic rings. The van der Waals surface area contributed by atoms with Gasteiger partial charge in [0.05, 0.1) is 12.0 Å². The Hall–Kier alpha value is 0.0200. The maximum absolute atomic E-state index is 11.1. The predicted molar refractivity (Wildman–Crippen MR) is 54.8 cm³/mol. The summed E-state index contributed by atoms with van der Waals surface area (Å²) in [5.41, 5.74) is 0. The van der Waals surface area contributed by atoms with E-state index in [1.54, 1.807) is 0 Å². The van der Waals surface area contributed by atoms with Crippen molar-refractivity contribution in [2.45, 2.75) is 12.8 Å². The second kappa shape index (κ2) is 4.69. The zero-order valence-corrected chi connectivity index (χ0v) is 9.68. The van der Waals surface area contributed by atoms with Crippen LogP contribution in [0.3, 0.4) is 0 Å². The lowest BCUT2D eigenvalue weighted by atomic mass is 10.0. The first-order valence-electron chi connectivity index (χ1n) is 4.42. The molecule has 1 rings (SSSR count). The minimum Gasteiger partial charge on any atom is -0.306 e. The van der Waals surface area contributed by atoms with Crippen LogP contribution in [0.15, 0.2) is 0 Å². The maximum Gasteiger partial charge on any atom is 0.211 e. The van der Waals surface area contributed by atoms with Crippen molar-refractivity contribution in [3.05, 3.63) is 0 Å². The van der Waals surface area contributed by atoms with Gasteiger partial charge in [0.25, 0.3) is 0 Å². The van der Waals surface area contributed by atoms with Crippen LogP contribution in [-0.2, 0) is 21.1 Å². The highest BCUT2D eigenvalue weighted by Crippen LogP contribution is 2.19. The number of sulfonamides is 1. The Bertz CT molecular complexity index is 306. The number of hydrogen-bond donors (Lipinski definition) is 1. The summed E-state index contributed by atoms with van der Waals surface area (Å²) in [5, 5.41) is 0. The van der Waals surface area contributed by atoms with E-state index in [0.717, 1.165) is 0 Å². The van der Waals surface area contributed by atoms with E-state index in [1.807, 2.05) is 0 Å². The average Bonchev–Trinajstić information content (AvgIpc) is 2.02. The molecule has 0 saturated carbocycles. The Balaban J connectivity index is 2.43. The largest absolute Gasteiger partial charge is 0.306 e. The van der Waals surface area contributed by atoms with Crippen molar-refractivity contribution in [1.29, 1.82) is 0 Å². The third-order valence-corrected chi connectivity index (χ3v) is 4.48. The minimum atomic E-state index is -3.08. The monoisotopic (exact) mass is 241 g/mol. The SMILES string of the molecule is CS(=O)(=O)N1CCC(CS(=O)O)CC1. The van der Waals surface area contributed by atoms with Crippen molar-refractivity contribution in [1.82, 2.24) is 4.31 Å². The zero-order valence-electron chi connectivity index (χ0n) is 8.05. The molecule has 1 N–H and O–H groups in total. The molecule has 1 heterocycles. The van der Waals surface area contributed by atoms with Crippen LogP contribution in [0.4, 0.5) is 0 Å². The summed E-state index contributed by atoms with van der Waals surface area (Å²) in [6, 6.07) is 0. The van der Waals surface area contributed by atoms with Gasteiger partial charge in [-0.2, -0.15) is 0 Å². The van der Waals surface area contributed by atoms with Crippen LogP contribution in [0.25, 0.3) is 0 Å². The normalized spacial score (nSPS) is 23.6. The fourth-order valence-corrected chi connectivity index (χ4v) is 3.22. The van der Waals surface area contributed by atoms with E-state index >= 15 is 0 Å². The fourth-order valence-electron chi connectivity index (χ4n) is 1.61. The summed E-state index contributed by atoms with van der Waals surface area (Å²) >= 11 is -1.76. The number of nitrogens with zero attached hydrogens (tertiary/aromatic N) is 1. The summed E-state index contributed by atoms with van der Waals surface area (Å²) in [5.74, 6) is 0.441. The molecule has 0 radical (unpaired) electrons. The number of rotatable bonds is 3. The topological polar surface area (TPSA) is 74.7 Å². The first kappa shape index (κ1) is 12.1. The summed E-state index contributed by atoms with van der Waals surface area (Å²) in [6.07, 6.45) is 2.55. The molecule has 1 aliphatic heterocycles. The number of piperidine rings is 1. The highest BCUT2D eigenvalue weighted by Gasteiger charge is 2.25. The van der Waals surface area contributed by atoms with E-state index in [1.165, 1.54) is 10.6 Å². The molecule has 0 spiro atoms. The molecule has 0 aliphatic carbocycles. The average molecular weight is 241 g/mol. The second-order valence-corrected chi connectivity index (χ2v) is 6.55. The van der Waals surface area contributed by atoms with Crippen LogP contribution in [0, 0.1) is 5.92 Å². The van der Waals surface area contributed by atoms with Gasteiger partial charge in [-0.1, -0.05) is 0 Å². The van der Waals surface area contributed by atoms with Gasteiger partial charge in [0.1, 0.15) is 0 Å². The Kier molecular flexibility index (Phi) is 4.05. The van der Waals surface area contributed by atoms with Crippen LogP contribution in [-0.4, -0.2) is 46.6 Å². The fraction of sp³-hybridized carbons (Fsp3) is 1.00. The Morgan fingerprint density at radius 1 is 1.43 bits per heavy atom. The van der Waals surface area contributed by atoms with Gasteiger partial charge in [0.15, 0.2) is 11.1 Å². The second-order valence-electron chi connectivity index (χ2n) is 3.59. The van der Waals surface area contributed by atoms with Crippen LogP contribution < -0.4 is 0 Å². The van der Waals surface area contributed by atoms with Crippen molar-refractivity contribution in [3.8, 4) is 0 Å². The summed E-state index contributed by atoms with van der Waals surface area (Å²) in [4.78, 5) is 0. The first-order chi connectivity index (χ1) is 6.39. The standard InChI is InChI=1S/C7H15NO4S2/c1-14(11,12)8-4-2-7(3-5-8)6-13(9)10/h7H,2-6H2,1H3,(H,9,10). The van der Waals surface area contributed by atoms with E-state index in [-0.39, 0.29) is 11.7 Å². The lowest BCUT2D eigenvalue weighted by Crippen LogP contribution is -2.38. The summed E-state index contributed by atoms with van der Waals surface area (Å²) in [6.45, 7) is 0.946. The summed E-state index contributed by atoms with van der Waals surface area (Å²) in [7, 11) is -3.08.